The summed E-state index contributed by atoms with van der Waals surface area (Å²) < 4.78 is 5.62. The first kappa shape index (κ1) is 13.5. The van der Waals surface area contributed by atoms with Crippen LogP contribution in [0.15, 0.2) is 18.2 Å². The molecule has 3 heteroatoms. The van der Waals surface area contributed by atoms with Crippen molar-refractivity contribution in [2.75, 3.05) is 7.11 Å². The van der Waals surface area contributed by atoms with Crippen molar-refractivity contribution in [1.82, 2.24) is 5.43 Å². The summed E-state index contributed by atoms with van der Waals surface area (Å²) in [6.45, 7) is 4.27. The second-order valence-corrected chi connectivity index (χ2v) is 5.51. The number of aryl methyl sites for hydroxylation is 2. The van der Waals surface area contributed by atoms with Gasteiger partial charge in [0.2, 0.25) is 0 Å². The summed E-state index contributed by atoms with van der Waals surface area (Å²) in [4.78, 5) is 0. The molecule has 0 spiro atoms. The van der Waals surface area contributed by atoms with Gasteiger partial charge in [-0.25, -0.2) is 0 Å². The molecule has 2 unspecified atom stereocenters. The molecule has 0 heterocycles. The highest BCUT2D eigenvalue weighted by atomic mass is 16.5. The maximum absolute atomic E-state index is 5.71. The number of methoxy groups -OCH3 is 1. The number of benzene rings is 1. The molecule has 18 heavy (non-hydrogen) atoms. The molecule has 1 fully saturated rings. The van der Waals surface area contributed by atoms with Crippen LogP contribution in [0.2, 0.25) is 0 Å². The first-order valence-corrected chi connectivity index (χ1v) is 6.70. The molecule has 100 valence electrons. The van der Waals surface area contributed by atoms with Crippen molar-refractivity contribution in [2.24, 2.45) is 11.8 Å². The fraction of sp³-hybridized carbons (Fsp3) is 0.600. The lowest BCUT2D eigenvalue weighted by Crippen LogP contribution is -2.47. The molecular formula is C15H24N2O. The summed E-state index contributed by atoms with van der Waals surface area (Å²) in [5, 5.41) is 0. The van der Waals surface area contributed by atoms with E-state index >= 15 is 0 Å². The number of hydrazine groups is 1. The minimum atomic E-state index is 0.198. The number of ether oxygens (including phenoxy) is 1. The van der Waals surface area contributed by atoms with Crippen molar-refractivity contribution in [3.63, 3.8) is 0 Å². The zero-order valence-electron chi connectivity index (χ0n) is 11.6. The maximum Gasteiger partial charge on any atom is 0.0769 e. The Kier molecular flexibility index (Phi) is 4.38. The van der Waals surface area contributed by atoms with Crippen molar-refractivity contribution in [1.29, 1.82) is 0 Å². The lowest BCUT2D eigenvalue weighted by Gasteiger charge is -2.25. The van der Waals surface area contributed by atoms with Gasteiger partial charge in [0.1, 0.15) is 0 Å². The third-order valence-electron chi connectivity index (χ3n) is 3.71. The minimum absolute atomic E-state index is 0.198. The SMILES string of the molecule is COC(C1CC1)C(Cc1cc(C)cc(C)c1)NN. The fourth-order valence-electron chi connectivity index (χ4n) is 2.82. The van der Waals surface area contributed by atoms with Gasteiger partial charge in [0.15, 0.2) is 0 Å². The topological polar surface area (TPSA) is 47.3 Å². The Morgan fingerprint density at radius 3 is 2.33 bits per heavy atom. The number of nitrogens with one attached hydrogen (secondary N) is 1. The molecule has 2 atom stereocenters. The molecule has 0 amide bonds. The Bertz CT molecular complexity index is 381. The van der Waals surface area contributed by atoms with Crippen LogP contribution in [0.3, 0.4) is 0 Å². The lowest BCUT2D eigenvalue weighted by atomic mass is 9.96. The van der Waals surface area contributed by atoms with Gasteiger partial charge < -0.3 is 4.74 Å². The largest absolute Gasteiger partial charge is 0.379 e. The van der Waals surface area contributed by atoms with Crippen LogP contribution in [0.1, 0.15) is 29.5 Å². The summed E-state index contributed by atoms with van der Waals surface area (Å²) in [6, 6.07) is 6.86. The second kappa shape index (κ2) is 5.83. The molecule has 1 aliphatic carbocycles. The third kappa shape index (κ3) is 3.31. The van der Waals surface area contributed by atoms with Crippen LogP contribution in [-0.4, -0.2) is 19.3 Å². The fourth-order valence-corrected chi connectivity index (χ4v) is 2.82. The van der Waals surface area contributed by atoms with Crippen LogP contribution >= 0.6 is 0 Å². The average Bonchev–Trinajstić information content (AvgIpc) is 3.11. The van der Waals surface area contributed by atoms with Crippen molar-refractivity contribution in [3.05, 3.63) is 34.9 Å². The zero-order chi connectivity index (χ0) is 13.1. The van der Waals surface area contributed by atoms with E-state index in [4.69, 9.17) is 10.6 Å². The Morgan fingerprint density at radius 1 is 1.28 bits per heavy atom. The number of nitrogens with two attached hydrogens (primary N) is 1. The standard InChI is InChI=1S/C15H24N2O/c1-10-6-11(2)8-12(7-10)9-14(17-16)15(18-3)13-4-5-13/h6-8,13-15,17H,4-5,9,16H2,1-3H3. The van der Waals surface area contributed by atoms with E-state index in [0.717, 1.165) is 6.42 Å². The molecule has 1 aromatic carbocycles. The van der Waals surface area contributed by atoms with E-state index in [1.54, 1.807) is 7.11 Å². The molecule has 2 rings (SSSR count). The van der Waals surface area contributed by atoms with Crippen molar-refractivity contribution in [2.45, 2.75) is 45.3 Å². The van der Waals surface area contributed by atoms with E-state index in [1.807, 2.05) is 0 Å². The third-order valence-corrected chi connectivity index (χ3v) is 3.71. The van der Waals surface area contributed by atoms with Gasteiger partial charge in [0.05, 0.1) is 12.1 Å². The lowest BCUT2D eigenvalue weighted by molar-refractivity contribution is 0.0511. The summed E-state index contributed by atoms with van der Waals surface area (Å²) in [5.74, 6) is 6.39. The number of hydrogen-bond donors (Lipinski definition) is 2. The Balaban J connectivity index is 2.08. The number of hydrogen-bond acceptors (Lipinski definition) is 3. The predicted octanol–water partition coefficient (Wildman–Crippen LogP) is 2.10. The van der Waals surface area contributed by atoms with Gasteiger partial charge in [-0.15, -0.1) is 0 Å². The Labute approximate surface area is 110 Å². The van der Waals surface area contributed by atoms with Crippen LogP contribution in [0.25, 0.3) is 0 Å². The second-order valence-electron chi connectivity index (χ2n) is 5.51. The minimum Gasteiger partial charge on any atom is -0.379 e. The van der Waals surface area contributed by atoms with Gasteiger partial charge in [0.25, 0.3) is 0 Å². The maximum atomic E-state index is 5.71. The van der Waals surface area contributed by atoms with Gasteiger partial charge in [-0.05, 0) is 44.6 Å². The van der Waals surface area contributed by atoms with E-state index < -0.39 is 0 Å². The van der Waals surface area contributed by atoms with Gasteiger partial charge in [-0.1, -0.05) is 29.3 Å². The highest BCUT2D eigenvalue weighted by Gasteiger charge is 2.36. The van der Waals surface area contributed by atoms with E-state index in [0.29, 0.717) is 5.92 Å². The molecular weight excluding hydrogens is 224 g/mol. The van der Waals surface area contributed by atoms with Crippen molar-refractivity contribution < 1.29 is 4.74 Å². The Morgan fingerprint density at radius 2 is 1.89 bits per heavy atom. The first-order valence-electron chi connectivity index (χ1n) is 6.70. The van der Waals surface area contributed by atoms with E-state index in [2.05, 4.69) is 37.5 Å². The van der Waals surface area contributed by atoms with Crippen molar-refractivity contribution >= 4 is 0 Å². The quantitative estimate of drug-likeness (QED) is 0.599. The van der Waals surface area contributed by atoms with Crippen LogP contribution < -0.4 is 11.3 Å². The summed E-state index contributed by atoms with van der Waals surface area (Å²) in [7, 11) is 1.79. The van der Waals surface area contributed by atoms with Crippen molar-refractivity contribution in [3.8, 4) is 0 Å². The highest BCUT2D eigenvalue weighted by molar-refractivity contribution is 5.29. The van der Waals surface area contributed by atoms with Crippen LogP contribution in [0.5, 0.6) is 0 Å². The molecule has 0 saturated heterocycles. The van der Waals surface area contributed by atoms with Gasteiger partial charge in [-0.3, -0.25) is 11.3 Å². The van der Waals surface area contributed by atoms with Crippen LogP contribution in [0, 0.1) is 19.8 Å². The van der Waals surface area contributed by atoms with Gasteiger partial charge >= 0.3 is 0 Å². The number of rotatable bonds is 6. The summed E-state index contributed by atoms with van der Waals surface area (Å²) in [5.41, 5.74) is 6.88. The summed E-state index contributed by atoms with van der Waals surface area (Å²) in [6.07, 6.45) is 3.69. The summed E-state index contributed by atoms with van der Waals surface area (Å²) >= 11 is 0. The smallest absolute Gasteiger partial charge is 0.0769 e. The molecule has 0 radical (unpaired) electrons. The Hall–Kier alpha value is -0.900. The molecule has 3 N–H and O–H groups in total. The van der Waals surface area contributed by atoms with Gasteiger partial charge in [0, 0.05) is 7.11 Å². The zero-order valence-corrected chi connectivity index (χ0v) is 11.6. The van der Waals surface area contributed by atoms with E-state index in [9.17, 15) is 0 Å². The molecule has 0 aromatic heterocycles. The molecule has 1 aliphatic rings. The highest BCUT2D eigenvalue weighted by Crippen LogP contribution is 2.36. The van der Waals surface area contributed by atoms with E-state index in [1.165, 1.54) is 29.5 Å². The molecule has 3 nitrogen and oxygen atoms in total. The van der Waals surface area contributed by atoms with Crippen LogP contribution in [-0.2, 0) is 11.2 Å². The van der Waals surface area contributed by atoms with E-state index in [-0.39, 0.29) is 12.1 Å². The normalized spacial score (nSPS) is 18.7. The van der Waals surface area contributed by atoms with Gasteiger partial charge in [-0.2, -0.15) is 0 Å². The monoisotopic (exact) mass is 248 g/mol. The molecule has 0 bridgehead atoms. The predicted molar refractivity (Wildman–Crippen MR) is 74.3 cm³/mol. The molecule has 1 aromatic rings. The first-order chi connectivity index (χ1) is 8.63. The molecule has 1 saturated carbocycles. The van der Waals surface area contributed by atoms with Crippen LogP contribution in [0.4, 0.5) is 0 Å². The molecule has 0 aliphatic heterocycles. The average molecular weight is 248 g/mol.